The van der Waals surface area contributed by atoms with Crippen molar-refractivity contribution in [3.63, 3.8) is 0 Å². The molecule has 1 N–H and O–H groups in total. The fourth-order valence-electron chi connectivity index (χ4n) is 2.48. The van der Waals surface area contributed by atoms with Gasteiger partial charge in [0.25, 0.3) is 0 Å². The number of alkyl halides is 3. The van der Waals surface area contributed by atoms with Crippen LogP contribution < -0.4 is 5.43 Å². The Morgan fingerprint density at radius 3 is 2.33 bits per heavy atom. The fourth-order valence-corrected chi connectivity index (χ4v) is 2.48. The number of anilines is 1. The van der Waals surface area contributed by atoms with E-state index in [0.717, 1.165) is 5.52 Å². The van der Waals surface area contributed by atoms with Crippen molar-refractivity contribution >= 4 is 34.0 Å². The van der Waals surface area contributed by atoms with E-state index in [4.69, 9.17) is 0 Å². The number of hydrazone groups is 1. The molecule has 0 atom stereocenters. The van der Waals surface area contributed by atoms with Gasteiger partial charge in [-0.25, -0.2) is 15.0 Å². The van der Waals surface area contributed by atoms with Gasteiger partial charge in [-0.15, -0.1) is 0 Å². The second kappa shape index (κ2) is 6.60. The normalized spacial score (nSPS) is 12.1. The Morgan fingerprint density at radius 2 is 1.56 bits per heavy atom. The fraction of sp³-hybridized carbons (Fsp3) is 0.0556. The maximum absolute atomic E-state index is 13.0. The van der Waals surface area contributed by atoms with Gasteiger partial charge in [0.15, 0.2) is 5.82 Å². The second-order valence-corrected chi connectivity index (χ2v) is 5.56. The summed E-state index contributed by atoms with van der Waals surface area (Å²) in [5, 5.41) is 4.38. The number of hydrogen-bond donors (Lipinski definition) is 1. The maximum Gasteiger partial charge on any atom is 0.451 e. The van der Waals surface area contributed by atoms with Crippen LogP contribution in [0.25, 0.3) is 21.9 Å². The van der Waals surface area contributed by atoms with Gasteiger partial charge in [0.2, 0.25) is 5.82 Å². The third-order valence-corrected chi connectivity index (χ3v) is 3.69. The summed E-state index contributed by atoms with van der Waals surface area (Å²) >= 11 is 0. The minimum absolute atomic E-state index is 0.0436. The van der Waals surface area contributed by atoms with Gasteiger partial charge < -0.3 is 0 Å². The van der Waals surface area contributed by atoms with E-state index in [2.05, 4.69) is 30.5 Å². The molecular weight excluding hydrogens is 357 g/mol. The summed E-state index contributed by atoms with van der Waals surface area (Å²) in [6, 6.07) is 13.7. The number of fused-ring (bicyclic) bond motifs is 2. The van der Waals surface area contributed by atoms with Crippen LogP contribution in [0, 0.1) is 0 Å². The Kier molecular flexibility index (Phi) is 4.11. The summed E-state index contributed by atoms with van der Waals surface area (Å²) < 4.78 is 39.1. The quantitative estimate of drug-likeness (QED) is 0.436. The summed E-state index contributed by atoms with van der Waals surface area (Å²) in [5.41, 5.74) is 4.59. The van der Waals surface area contributed by atoms with Crippen molar-refractivity contribution in [1.29, 1.82) is 0 Å². The first-order valence-electron chi connectivity index (χ1n) is 7.85. The van der Waals surface area contributed by atoms with E-state index >= 15 is 0 Å². The summed E-state index contributed by atoms with van der Waals surface area (Å²) in [6.07, 6.45) is -1.77. The number of benzene rings is 2. The molecule has 0 amide bonds. The van der Waals surface area contributed by atoms with Gasteiger partial charge in [0.1, 0.15) is 5.69 Å². The van der Waals surface area contributed by atoms with E-state index in [0.29, 0.717) is 16.6 Å². The van der Waals surface area contributed by atoms with Crippen LogP contribution in [0.5, 0.6) is 0 Å². The summed E-state index contributed by atoms with van der Waals surface area (Å²) in [7, 11) is 0. The molecule has 0 aliphatic rings. The Morgan fingerprint density at radius 1 is 0.852 bits per heavy atom. The average molecular weight is 368 g/mol. The Hall–Kier alpha value is -3.62. The van der Waals surface area contributed by atoms with Crippen LogP contribution >= 0.6 is 0 Å². The van der Waals surface area contributed by atoms with E-state index in [9.17, 15) is 13.2 Å². The van der Waals surface area contributed by atoms with Gasteiger partial charge >= 0.3 is 6.18 Å². The molecular formula is C18H11F3N6. The number of para-hydroxylation sites is 3. The highest BCUT2D eigenvalue weighted by atomic mass is 19.4. The molecule has 2 heterocycles. The maximum atomic E-state index is 13.0. The number of halogens is 3. The lowest BCUT2D eigenvalue weighted by atomic mass is 10.2. The lowest BCUT2D eigenvalue weighted by molar-refractivity contribution is -0.144. The van der Waals surface area contributed by atoms with Crippen LogP contribution in [0.15, 0.2) is 59.8 Å². The molecule has 0 bridgehead atoms. The van der Waals surface area contributed by atoms with Crippen LogP contribution in [-0.2, 0) is 6.18 Å². The molecule has 2 aromatic carbocycles. The molecule has 0 fully saturated rings. The van der Waals surface area contributed by atoms with Crippen LogP contribution in [0.3, 0.4) is 0 Å². The molecule has 4 rings (SSSR count). The number of aromatic nitrogens is 4. The van der Waals surface area contributed by atoms with Crippen LogP contribution in [0.2, 0.25) is 0 Å². The average Bonchev–Trinajstić information content (AvgIpc) is 2.67. The summed E-state index contributed by atoms with van der Waals surface area (Å²) in [5.74, 6) is -1.28. The summed E-state index contributed by atoms with van der Waals surface area (Å²) in [4.78, 5) is 15.7. The minimum atomic E-state index is -4.66. The van der Waals surface area contributed by atoms with E-state index in [1.807, 2.05) is 18.2 Å². The zero-order valence-corrected chi connectivity index (χ0v) is 13.6. The van der Waals surface area contributed by atoms with Gasteiger partial charge in [-0.2, -0.15) is 18.3 Å². The number of hydrogen-bond acceptors (Lipinski definition) is 6. The molecule has 27 heavy (non-hydrogen) atoms. The zero-order chi connectivity index (χ0) is 18.9. The topological polar surface area (TPSA) is 76.0 Å². The first-order valence-corrected chi connectivity index (χ1v) is 7.85. The van der Waals surface area contributed by atoms with Crippen LogP contribution in [-0.4, -0.2) is 26.2 Å². The molecule has 0 saturated carbocycles. The van der Waals surface area contributed by atoms with Crippen molar-refractivity contribution < 1.29 is 13.2 Å². The molecule has 0 unspecified atom stereocenters. The molecule has 0 saturated heterocycles. The predicted octanol–water partition coefficient (Wildman–Crippen LogP) is 4.04. The molecule has 0 aliphatic heterocycles. The highest BCUT2D eigenvalue weighted by Gasteiger charge is 2.35. The number of nitrogens with one attached hydrogen (secondary N) is 1. The largest absolute Gasteiger partial charge is 0.451 e. The molecule has 9 heteroatoms. The SMILES string of the molecule is FC(F)(F)c1nc(N/N=C\c2cnc3ccccc3n2)c2ccccc2n1. The van der Waals surface area contributed by atoms with Gasteiger partial charge in [0.05, 0.1) is 29.0 Å². The third-order valence-electron chi connectivity index (χ3n) is 3.69. The lowest BCUT2D eigenvalue weighted by Crippen LogP contribution is -2.12. The zero-order valence-electron chi connectivity index (χ0n) is 13.6. The second-order valence-electron chi connectivity index (χ2n) is 5.56. The number of nitrogens with zero attached hydrogens (tertiary/aromatic N) is 5. The smallest absolute Gasteiger partial charge is 0.261 e. The van der Waals surface area contributed by atoms with E-state index in [-0.39, 0.29) is 11.3 Å². The van der Waals surface area contributed by atoms with E-state index in [1.165, 1.54) is 18.5 Å². The molecule has 2 aromatic heterocycles. The van der Waals surface area contributed by atoms with Crippen molar-refractivity contribution in [2.45, 2.75) is 6.18 Å². The van der Waals surface area contributed by atoms with Crippen molar-refractivity contribution in [3.8, 4) is 0 Å². The molecule has 0 spiro atoms. The van der Waals surface area contributed by atoms with Crippen LogP contribution in [0.1, 0.15) is 11.5 Å². The van der Waals surface area contributed by atoms with Crippen molar-refractivity contribution in [3.05, 3.63) is 66.2 Å². The standard InChI is InChI=1S/C18H11F3N6/c19-18(20,21)17-25-13-6-2-1-5-12(13)16(26-17)27-23-10-11-9-22-14-7-3-4-8-15(14)24-11/h1-10H,(H,25,26,27)/b23-10-. The molecule has 134 valence electrons. The first-order chi connectivity index (χ1) is 13.0. The molecule has 0 aliphatic carbocycles. The van der Waals surface area contributed by atoms with Gasteiger partial charge in [-0.3, -0.25) is 10.4 Å². The third kappa shape index (κ3) is 3.52. The monoisotopic (exact) mass is 368 g/mol. The first kappa shape index (κ1) is 16.8. The van der Waals surface area contributed by atoms with Crippen molar-refractivity contribution in [2.75, 3.05) is 5.43 Å². The van der Waals surface area contributed by atoms with Crippen LogP contribution in [0.4, 0.5) is 19.0 Å². The molecule has 0 radical (unpaired) electrons. The van der Waals surface area contributed by atoms with Gasteiger partial charge in [-0.05, 0) is 24.3 Å². The Balaban J connectivity index is 1.66. The Bertz CT molecular complexity index is 1160. The van der Waals surface area contributed by atoms with Crippen molar-refractivity contribution in [1.82, 2.24) is 19.9 Å². The Labute approximate surface area is 150 Å². The highest BCUT2D eigenvalue weighted by Crippen LogP contribution is 2.30. The van der Waals surface area contributed by atoms with Crippen molar-refractivity contribution in [2.24, 2.45) is 5.10 Å². The van der Waals surface area contributed by atoms with E-state index < -0.39 is 12.0 Å². The molecule has 4 aromatic rings. The van der Waals surface area contributed by atoms with Gasteiger partial charge in [0, 0.05) is 5.39 Å². The summed E-state index contributed by atoms with van der Waals surface area (Å²) in [6.45, 7) is 0. The molecule has 6 nitrogen and oxygen atoms in total. The highest BCUT2D eigenvalue weighted by molar-refractivity contribution is 5.89. The lowest BCUT2D eigenvalue weighted by Gasteiger charge is -2.09. The minimum Gasteiger partial charge on any atom is -0.261 e. The predicted molar refractivity (Wildman–Crippen MR) is 95.3 cm³/mol. The van der Waals surface area contributed by atoms with E-state index in [1.54, 1.807) is 24.3 Å². The van der Waals surface area contributed by atoms with Gasteiger partial charge in [-0.1, -0.05) is 24.3 Å². The number of rotatable bonds is 3.